The van der Waals surface area contributed by atoms with E-state index in [4.69, 9.17) is 0 Å². The fourth-order valence-corrected chi connectivity index (χ4v) is 4.49. The number of amides is 1. The van der Waals surface area contributed by atoms with Gasteiger partial charge in [-0.05, 0) is 23.8 Å². The summed E-state index contributed by atoms with van der Waals surface area (Å²) in [6.45, 7) is 0.181. The van der Waals surface area contributed by atoms with Crippen molar-refractivity contribution in [3.8, 4) is 0 Å². The summed E-state index contributed by atoms with van der Waals surface area (Å²) in [5.41, 5.74) is 0.391. The SMILES string of the molecule is O=C1NCCN(S(=O)(=O)Cc2ccc(F)cc2)C1c1ccccc1F. The first-order valence-electron chi connectivity index (χ1n) is 7.64. The first-order chi connectivity index (χ1) is 11.9. The molecule has 1 unspecified atom stereocenters. The smallest absolute Gasteiger partial charge is 0.243 e. The Hall–Kier alpha value is -2.32. The molecule has 1 heterocycles. The van der Waals surface area contributed by atoms with Crippen molar-refractivity contribution in [3.63, 3.8) is 0 Å². The Morgan fingerprint density at radius 3 is 2.44 bits per heavy atom. The van der Waals surface area contributed by atoms with Gasteiger partial charge in [-0.25, -0.2) is 17.2 Å². The van der Waals surface area contributed by atoms with E-state index in [2.05, 4.69) is 5.32 Å². The van der Waals surface area contributed by atoms with E-state index in [0.717, 1.165) is 4.31 Å². The first kappa shape index (κ1) is 17.5. The van der Waals surface area contributed by atoms with Gasteiger partial charge in [0.25, 0.3) is 0 Å². The van der Waals surface area contributed by atoms with Gasteiger partial charge in [0.05, 0.1) is 5.75 Å². The van der Waals surface area contributed by atoms with Gasteiger partial charge in [-0.15, -0.1) is 0 Å². The second-order valence-electron chi connectivity index (χ2n) is 5.71. The number of piperazine rings is 1. The van der Waals surface area contributed by atoms with E-state index in [9.17, 15) is 22.0 Å². The molecule has 0 saturated carbocycles. The number of sulfonamides is 1. The van der Waals surface area contributed by atoms with Gasteiger partial charge in [-0.2, -0.15) is 4.31 Å². The van der Waals surface area contributed by atoms with Crippen molar-refractivity contribution in [2.75, 3.05) is 13.1 Å². The van der Waals surface area contributed by atoms with Crippen LogP contribution in [0.3, 0.4) is 0 Å². The molecule has 132 valence electrons. The third-order valence-electron chi connectivity index (χ3n) is 3.99. The molecule has 0 aliphatic carbocycles. The molecule has 1 atom stereocenters. The second-order valence-corrected chi connectivity index (χ2v) is 7.63. The third kappa shape index (κ3) is 3.69. The van der Waals surface area contributed by atoms with Crippen molar-refractivity contribution in [2.45, 2.75) is 11.8 Å². The van der Waals surface area contributed by atoms with Crippen LogP contribution in [0.1, 0.15) is 17.2 Å². The highest BCUT2D eigenvalue weighted by molar-refractivity contribution is 7.88. The van der Waals surface area contributed by atoms with Crippen LogP contribution < -0.4 is 5.32 Å². The molecule has 1 aliphatic rings. The number of rotatable bonds is 4. The summed E-state index contributed by atoms with van der Waals surface area (Å²) in [5.74, 6) is -2.08. The molecule has 3 rings (SSSR count). The van der Waals surface area contributed by atoms with Crippen molar-refractivity contribution >= 4 is 15.9 Å². The largest absolute Gasteiger partial charge is 0.353 e. The van der Waals surface area contributed by atoms with Crippen molar-refractivity contribution < 1.29 is 22.0 Å². The molecule has 1 aliphatic heterocycles. The molecule has 1 saturated heterocycles. The van der Waals surface area contributed by atoms with Crippen LogP contribution in [-0.4, -0.2) is 31.7 Å². The number of hydrogen-bond acceptors (Lipinski definition) is 3. The summed E-state index contributed by atoms with van der Waals surface area (Å²) in [5, 5.41) is 2.57. The summed E-state index contributed by atoms with van der Waals surface area (Å²) in [7, 11) is -3.91. The van der Waals surface area contributed by atoms with Crippen LogP contribution in [0.4, 0.5) is 8.78 Å². The second kappa shape index (κ2) is 6.89. The van der Waals surface area contributed by atoms with E-state index < -0.39 is 39.4 Å². The van der Waals surface area contributed by atoms with E-state index in [1.165, 1.54) is 42.5 Å². The van der Waals surface area contributed by atoms with Crippen LogP contribution in [0, 0.1) is 11.6 Å². The lowest BCUT2D eigenvalue weighted by Gasteiger charge is -2.34. The molecule has 1 N–H and O–H groups in total. The molecule has 0 aromatic heterocycles. The highest BCUT2D eigenvalue weighted by atomic mass is 32.2. The maximum atomic E-state index is 14.1. The average Bonchev–Trinajstić information content (AvgIpc) is 2.57. The quantitative estimate of drug-likeness (QED) is 0.900. The fraction of sp³-hybridized carbons (Fsp3) is 0.235. The number of halogens is 2. The lowest BCUT2D eigenvalue weighted by molar-refractivity contribution is -0.127. The molecular weight excluding hydrogens is 350 g/mol. The molecule has 0 radical (unpaired) electrons. The van der Waals surface area contributed by atoms with Crippen LogP contribution >= 0.6 is 0 Å². The van der Waals surface area contributed by atoms with E-state index in [-0.39, 0.29) is 18.7 Å². The van der Waals surface area contributed by atoms with Gasteiger partial charge in [0.15, 0.2) is 0 Å². The van der Waals surface area contributed by atoms with E-state index in [0.29, 0.717) is 5.56 Å². The van der Waals surface area contributed by atoms with E-state index in [1.54, 1.807) is 6.07 Å². The Bertz CT molecular complexity index is 885. The zero-order valence-electron chi connectivity index (χ0n) is 13.2. The molecule has 2 aromatic rings. The minimum atomic E-state index is -3.91. The molecule has 0 bridgehead atoms. The van der Waals surface area contributed by atoms with Crippen molar-refractivity contribution in [1.29, 1.82) is 0 Å². The van der Waals surface area contributed by atoms with E-state index in [1.807, 2.05) is 0 Å². The van der Waals surface area contributed by atoms with Gasteiger partial charge in [-0.1, -0.05) is 30.3 Å². The van der Waals surface area contributed by atoms with Crippen LogP contribution in [0.5, 0.6) is 0 Å². The summed E-state index contributed by atoms with van der Waals surface area (Å²) >= 11 is 0. The predicted molar refractivity (Wildman–Crippen MR) is 87.9 cm³/mol. The molecule has 2 aromatic carbocycles. The number of nitrogens with one attached hydrogen (secondary N) is 1. The standard InChI is InChI=1S/C17H16F2N2O3S/c18-13-7-5-12(6-8-13)11-25(23,24)21-10-9-20-17(22)16(21)14-3-1-2-4-15(14)19/h1-8,16H,9-11H2,(H,20,22). The topological polar surface area (TPSA) is 66.5 Å². The number of nitrogens with zero attached hydrogens (tertiary/aromatic N) is 1. The van der Waals surface area contributed by atoms with Crippen molar-refractivity contribution in [1.82, 2.24) is 9.62 Å². The van der Waals surface area contributed by atoms with Gasteiger partial charge in [0.1, 0.15) is 17.7 Å². The fourth-order valence-electron chi connectivity index (χ4n) is 2.81. The number of carbonyl (C=O) groups is 1. The minimum Gasteiger partial charge on any atom is -0.353 e. The zero-order valence-corrected chi connectivity index (χ0v) is 14.0. The number of hydrogen-bond donors (Lipinski definition) is 1. The molecule has 5 nitrogen and oxygen atoms in total. The third-order valence-corrected chi connectivity index (χ3v) is 5.79. The average molecular weight is 366 g/mol. The van der Waals surface area contributed by atoms with Crippen molar-refractivity contribution in [3.05, 3.63) is 71.3 Å². The maximum Gasteiger partial charge on any atom is 0.243 e. The monoisotopic (exact) mass is 366 g/mol. The highest BCUT2D eigenvalue weighted by Gasteiger charge is 2.39. The lowest BCUT2D eigenvalue weighted by Crippen LogP contribution is -2.52. The van der Waals surface area contributed by atoms with Crippen LogP contribution in [0.25, 0.3) is 0 Å². The summed E-state index contributed by atoms with van der Waals surface area (Å²) < 4.78 is 53.8. The Morgan fingerprint density at radius 1 is 1.08 bits per heavy atom. The highest BCUT2D eigenvalue weighted by Crippen LogP contribution is 2.29. The maximum absolute atomic E-state index is 14.1. The molecule has 8 heteroatoms. The predicted octanol–water partition coefficient (Wildman–Crippen LogP) is 1.97. The normalized spacial score (nSPS) is 18.8. The van der Waals surface area contributed by atoms with Gasteiger partial charge < -0.3 is 5.32 Å². The Kier molecular flexibility index (Phi) is 4.82. The summed E-state index contributed by atoms with van der Waals surface area (Å²) in [6.07, 6.45) is 0. The van der Waals surface area contributed by atoms with Gasteiger partial charge in [-0.3, -0.25) is 4.79 Å². The minimum absolute atomic E-state index is 0.00220. The number of carbonyl (C=O) groups excluding carboxylic acids is 1. The Labute approximate surface area is 144 Å². The molecule has 25 heavy (non-hydrogen) atoms. The summed E-state index contributed by atoms with van der Waals surface area (Å²) in [4.78, 5) is 12.3. The van der Waals surface area contributed by atoms with E-state index >= 15 is 0 Å². The van der Waals surface area contributed by atoms with Crippen molar-refractivity contribution in [2.24, 2.45) is 0 Å². The van der Waals surface area contributed by atoms with Crippen LogP contribution in [0.15, 0.2) is 48.5 Å². The molecule has 1 amide bonds. The first-order valence-corrected chi connectivity index (χ1v) is 9.25. The zero-order chi connectivity index (χ0) is 18.0. The van der Waals surface area contributed by atoms with Gasteiger partial charge >= 0.3 is 0 Å². The van der Waals surface area contributed by atoms with Crippen LogP contribution in [0.2, 0.25) is 0 Å². The lowest BCUT2D eigenvalue weighted by atomic mass is 10.0. The number of benzene rings is 2. The molecule has 0 spiro atoms. The Balaban J connectivity index is 1.95. The summed E-state index contributed by atoms with van der Waals surface area (Å²) in [6, 6.07) is 9.41. The molecular formula is C17H16F2N2O3S. The Morgan fingerprint density at radius 2 is 1.76 bits per heavy atom. The molecule has 1 fully saturated rings. The van der Waals surface area contributed by atoms with Crippen LogP contribution in [-0.2, 0) is 20.6 Å². The van der Waals surface area contributed by atoms with Gasteiger partial charge in [0.2, 0.25) is 15.9 Å². The van der Waals surface area contributed by atoms with Gasteiger partial charge in [0, 0.05) is 18.7 Å².